The molecule has 0 rings (SSSR count). The van der Waals surface area contributed by atoms with E-state index in [1.54, 1.807) is 0 Å². The molecule has 0 radical (unpaired) electrons. The van der Waals surface area contributed by atoms with Crippen LogP contribution in [0.4, 0.5) is 39.5 Å². The number of halogens is 9. The molecule has 9 nitrogen and oxygen atoms in total. The summed E-state index contributed by atoms with van der Waals surface area (Å²) in [4.78, 5) is 0. The Bertz CT molecular complexity index is 720. The standard InChI is InChI=1S/C4F9O9S3.Li/c5-2(6,7)20-23(14,15)1(24(16,17)21-3(8,9)10)25(18,19)22-4(11,12)13;. The van der Waals surface area contributed by atoms with Gasteiger partial charge < -0.3 is 0 Å². The van der Waals surface area contributed by atoms with Gasteiger partial charge in [-0.3, -0.25) is 0 Å². The minimum absolute atomic E-state index is 1.02. The molecular formula is C4F9LiO9S3. The van der Waals surface area contributed by atoms with Crippen LogP contribution in [0.2, 0.25) is 0 Å². The fraction of sp³-hybridized carbons (Fsp3) is 1.00. The predicted octanol–water partition coefficient (Wildman–Crippen LogP) is 0.365. The van der Waals surface area contributed by atoms with Crippen molar-refractivity contribution in [1.29, 1.82) is 0 Å². The molecule has 152 valence electrons. The zero-order chi connectivity index (χ0) is 21.6. The summed E-state index contributed by atoms with van der Waals surface area (Å²) in [6.07, 6.45) is -19.4. The zero-order valence-corrected chi connectivity index (χ0v) is 13.8. The van der Waals surface area contributed by atoms with E-state index in [9.17, 15) is 64.8 Å². The topological polar surface area (TPSA) is 130 Å². The van der Waals surface area contributed by atoms with Gasteiger partial charge in [0, 0.05) is 0 Å². The van der Waals surface area contributed by atoms with Gasteiger partial charge in [-0.25, -0.2) is 0 Å². The molecule has 0 aromatic heterocycles. The molecule has 0 aliphatic rings. The first kappa shape index (κ1) is 25.7. The van der Waals surface area contributed by atoms with Crippen LogP contribution in [0.5, 0.6) is 0 Å². The van der Waals surface area contributed by atoms with Gasteiger partial charge in [0.05, 0.1) is 0 Å². The molecule has 0 saturated heterocycles. The SMILES string of the molecule is [Li][C](S(=O)(=O)OC(F)(F)F)(S(=O)(=O)OC(F)(F)F)S(=O)(=O)OC(F)(F)F. The van der Waals surface area contributed by atoms with Crippen molar-refractivity contribution in [1.82, 2.24) is 0 Å². The van der Waals surface area contributed by atoms with Crippen molar-refractivity contribution in [2.24, 2.45) is 0 Å². The molecule has 0 heterocycles. The van der Waals surface area contributed by atoms with Gasteiger partial charge in [0.25, 0.3) is 0 Å². The van der Waals surface area contributed by atoms with E-state index in [4.69, 9.17) is 0 Å². The van der Waals surface area contributed by atoms with Crippen LogP contribution in [0.25, 0.3) is 0 Å². The van der Waals surface area contributed by atoms with E-state index < -0.39 is 69.2 Å². The molecule has 0 fully saturated rings. The van der Waals surface area contributed by atoms with E-state index >= 15 is 0 Å². The summed E-state index contributed by atoms with van der Waals surface area (Å²) in [6, 6.07) is 0. The number of rotatable bonds is 6. The summed E-state index contributed by atoms with van der Waals surface area (Å²) in [7, 11) is -22.2. The molecule has 0 atom stereocenters. The van der Waals surface area contributed by atoms with Gasteiger partial charge in [-0.05, 0) is 0 Å². The fourth-order valence-corrected chi connectivity index (χ4v) is 5.79. The Labute approximate surface area is 146 Å². The third-order valence-corrected chi connectivity index (χ3v) is 9.60. The molecule has 22 heteroatoms. The average molecular weight is 466 g/mol. The molecule has 26 heavy (non-hydrogen) atoms. The van der Waals surface area contributed by atoms with E-state index in [2.05, 4.69) is 12.5 Å². The molecule has 0 aromatic rings. The molecule has 0 aliphatic heterocycles. The zero-order valence-electron chi connectivity index (χ0n) is 11.3. The van der Waals surface area contributed by atoms with Crippen molar-refractivity contribution in [2.75, 3.05) is 0 Å². The van der Waals surface area contributed by atoms with E-state index in [0.29, 0.717) is 0 Å². The van der Waals surface area contributed by atoms with Gasteiger partial charge in [0.2, 0.25) is 0 Å². The van der Waals surface area contributed by atoms with Crippen LogP contribution < -0.4 is 0 Å². The first-order valence-electron chi connectivity index (χ1n) is 4.93. The Hall–Kier alpha value is -0.303. The van der Waals surface area contributed by atoms with Crippen LogP contribution >= 0.6 is 0 Å². The molecule has 0 bridgehead atoms. The molecule has 0 aromatic carbocycles. The Morgan fingerprint density at radius 2 is 0.654 bits per heavy atom. The molecule has 0 amide bonds. The molecule has 0 N–H and O–H groups in total. The number of hydrogen-bond donors (Lipinski definition) is 0. The van der Waals surface area contributed by atoms with Crippen molar-refractivity contribution in [3.8, 4) is 0 Å². The van der Waals surface area contributed by atoms with Crippen LogP contribution in [0.15, 0.2) is 0 Å². The normalized spacial score (nSPS) is 16.0. The van der Waals surface area contributed by atoms with Gasteiger partial charge in [0.15, 0.2) is 0 Å². The molecule has 0 unspecified atom stereocenters. The summed E-state index contributed by atoms with van der Waals surface area (Å²) in [5.74, 6) is 0. The van der Waals surface area contributed by atoms with Crippen LogP contribution in [-0.2, 0) is 42.9 Å². The van der Waals surface area contributed by atoms with E-state index in [1.165, 1.54) is 0 Å². The molecule has 0 spiro atoms. The third-order valence-electron chi connectivity index (χ3n) is 1.97. The van der Waals surface area contributed by atoms with E-state index in [0.717, 1.165) is 0 Å². The summed E-state index contributed by atoms with van der Waals surface area (Å²) in [5, 5.41) is 0. The summed E-state index contributed by atoms with van der Waals surface area (Å²) >= 11 is -1.02. The second-order valence-electron chi connectivity index (χ2n) is 3.81. The first-order chi connectivity index (χ1) is 10.9. The second kappa shape index (κ2) is 6.94. The summed E-state index contributed by atoms with van der Waals surface area (Å²) < 4.78 is 177. The Morgan fingerprint density at radius 3 is 0.769 bits per heavy atom. The van der Waals surface area contributed by atoms with Crippen LogP contribution in [0.3, 0.4) is 0 Å². The Morgan fingerprint density at radius 1 is 0.500 bits per heavy atom. The summed E-state index contributed by atoms with van der Waals surface area (Å²) in [6.45, 7) is 0. The van der Waals surface area contributed by atoms with Gasteiger partial charge in [-0.1, -0.05) is 0 Å². The van der Waals surface area contributed by atoms with Crippen molar-refractivity contribution >= 4 is 48.1 Å². The summed E-state index contributed by atoms with van der Waals surface area (Å²) in [5.41, 5.74) is 0. The first-order valence-corrected chi connectivity index (χ1v) is 9.15. The maximum atomic E-state index is 12.0. The van der Waals surface area contributed by atoms with Crippen molar-refractivity contribution in [2.45, 2.75) is 21.2 Å². The van der Waals surface area contributed by atoms with Crippen LogP contribution in [0, 0.1) is 0 Å². The third kappa shape index (κ3) is 6.11. The van der Waals surface area contributed by atoms with Crippen molar-refractivity contribution in [3.63, 3.8) is 0 Å². The Kier molecular flexibility index (Phi) is 6.86. The second-order valence-corrected chi connectivity index (χ2v) is 10.3. The van der Waals surface area contributed by atoms with E-state index in [1.807, 2.05) is 0 Å². The fourth-order valence-electron chi connectivity index (χ4n) is 0.975. The van der Waals surface area contributed by atoms with Gasteiger partial charge in [-0.15, -0.1) is 0 Å². The monoisotopic (exact) mass is 466 g/mol. The quantitative estimate of drug-likeness (QED) is 0.310. The minimum atomic E-state index is -7.39. The van der Waals surface area contributed by atoms with Gasteiger partial charge in [0.1, 0.15) is 0 Å². The van der Waals surface area contributed by atoms with Crippen LogP contribution in [-0.4, -0.2) is 64.1 Å². The van der Waals surface area contributed by atoms with Crippen molar-refractivity contribution < 1.29 is 77.3 Å². The number of hydrogen-bond acceptors (Lipinski definition) is 9. The maximum absolute atomic E-state index is 12.0. The van der Waals surface area contributed by atoms with Crippen LogP contribution in [0.1, 0.15) is 0 Å². The Balaban J connectivity index is 6.87. The van der Waals surface area contributed by atoms with Gasteiger partial charge in [-0.2, -0.15) is 0 Å². The van der Waals surface area contributed by atoms with Crippen molar-refractivity contribution in [3.05, 3.63) is 0 Å². The average Bonchev–Trinajstić information content (AvgIpc) is 2.16. The molecular weight excluding hydrogens is 466 g/mol. The molecule has 0 aliphatic carbocycles. The number of alkyl halides is 9. The van der Waals surface area contributed by atoms with Gasteiger partial charge >= 0.3 is 147 Å². The molecule has 0 saturated carbocycles. The van der Waals surface area contributed by atoms with E-state index in [-0.39, 0.29) is 0 Å². The predicted molar refractivity (Wildman–Crippen MR) is 56.7 cm³/mol.